The Morgan fingerprint density at radius 2 is 1.83 bits per heavy atom. The van der Waals surface area contributed by atoms with Gasteiger partial charge in [0, 0.05) is 36.5 Å². The first-order valence-corrected chi connectivity index (χ1v) is 8.48. The molecule has 7 nitrogen and oxygen atoms in total. The normalized spacial score (nSPS) is 11.7. The summed E-state index contributed by atoms with van der Waals surface area (Å²) in [5, 5.41) is 15.2. The van der Waals surface area contributed by atoms with Gasteiger partial charge in [-0.15, -0.1) is 13.2 Å². The minimum Gasteiger partial charge on any atom is -0.406 e. The predicted octanol–water partition coefficient (Wildman–Crippen LogP) is 5.13. The number of nitro benzene ring substituents is 1. The van der Waals surface area contributed by atoms with Crippen molar-refractivity contribution < 1.29 is 22.8 Å². The number of nitrogens with zero attached hydrogens (tertiary/aromatic N) is 4. The summed E-state index contributed by atoms with van der Waals surface area (Å²) in [5.41, 5.74) is 1.87. The first kappa shape index (κ1) is 20.1. The van der Waals surface area contributed by atoms with Gasteiger partial charge in [-0.3, -0.25) is 10.1 Å². The summed E-state index contributed by atoms with van der Waals surface area (Å²) in [5.74, 6) is 0.227. The second-order valence-corrected chi connectivity index (χ2v) is 5.88. The highest BCUT2D eigenvalue weighted by molar-refractivity contribution is 5.82. The van der Waals surface area contributed by atoms with E-state index in [-0.39, 0.29) is 11.4 Å². The fourth-order valence-electron chi connectivity index (χ4n) is 2.53. The van der Waals surface area contributed by atoms with E-state index in [4.69, 9.17) is 0 Å². The van der Waals surface area contributed by atoms with Gasteiger partial charge in [0.1, 0.15) is 5.75 Å². The van der Waals surface area contributed by atoms with Gasteiger partial charge >= 0.3 is 6.36 Å². The second-order valence-electron chi connectivity index (χ2n) is 5.88. The summed E-state index contributed by atoms with van der Waals surface area (Å²) in [6.45, 7) is 2.42. The third-order valence-electron chi connectivity index (χ3n) is 3.89. The molecule has 1 heterocycles. The first-order valence-electron chi connectivity index (χ1n) is 8.48. The molecule has 10 heteroatoms. The lowest BCUT2D eigenvalue weighted by atomic mass is 10.1. The van der Waals surface area contributed by atoms with Crippen LogP contribution in [0.15, 0.2) is 59.6 Å². The van der Waals surface area contributed by atoms with Gasteiger partial charge in [-0.2, -0.15) is 5.10 Å². The van der Waals surface area contributed by atoms with E-state index in [1.54, 1.807) is 22.9 Å². The van der Waals surface area contributed by atoms with Crippen LogP contribution in [-0.4, -0.2) is 27.3 Å². The number of hydrogen-bond donors (Lipinski definition) is 0. The molecule has 0 radical (unpaired) electrons. The third-order valence-corrected chi connectivity index (χ3v) is 3.89. The smallest absolute Gasteiger partial charge is 0.406 e. The summed E-state index contributed by atoms with van der Waals surface area (Å²) >= 11 is 0. The molecule has 2 aromatic carbocycles. The summed E-state index contributed by atoms with van der Waals surface area (Å²) in [6, 6.07) is 13.0. The van der Waals surface area contributed by atoms with Crippen molar-refractivity contribution in [1.82, 2.24) is 9.78 Å². The van der Waals surface area contributed by atoms with Crippen molar-refractivity contribution in [2.75, 3.05) is 0 Å². The molecule has 0 atom stereocenters. The van der Waals surface area contributed by atoms with Crippen molar-refractivity contribution in [3.05, 3.63) is 70.3 Å². The summed E-state index contributed by atoms with van der Waals surface area (Å²) in [7, 11) is 0. The number of aliphatic imine (C=N–C) groups is 1. The van der Waals surface area contributed by atoms with E-state index in [9.17, 15) is 23.3 Å². The van der Waals surface area contributed by atoms with Crippen LogP contribution in [0.4, 0.5) is 24.7 Å². The van der Waals surface area contributed by atoms with Gasteiger partial charge in [-0.05, 0) is 48.9 Å². The average molecular weight is 404 g/mol. The summed E-state index contributed by atoms with van der Waals surface area (Å²) < 4.78 is 42.1. The van der Waals surface area contributed by atoms with Crippen molar-refractivity contribution in [3.63, 3.8) is 0 Å². The third kappa shape index (κ3) is 5.18. The van der Waals surface area contributed by atoms with Gasteiger partial charge in [-0.1, -0.05) is 0 Å². The van der Waals surface area contributed by atoms with Crippen molar-refractivity contribution >= 4 is 17.7 Å². The first-order chi connectivity index (χ1) is 13.7. The Labute approximate surface area is 163 Å². The number of aryl methyl sites for hydroxylation is 1. The van der Waals surface area contributed by atoms with Crippen LogP contribution in [0.25, 0.3) is 11.3 Å². The highest BCUT2D eigenvalue weighted by atomic mass is 19.4. The average Bonchev–Trinajstić information content (AvgIpc) is 3.09. The maximum absolute atomic E-state index is 12.2. The van der Waals surface area contributed by atoms with E-state index < -0.39 is 11.3 Å². The van der Waals surface area contributed by atoms with Crippen molar-refractivity contribution in [1.29, 1.82) is 0 Å². The molecule has 0 unspecified atom stereocenters. The van der Waals surface area contributed by atoms with E-state index in [1.807, 2.05) is 6.92 Å². The van der Waals surface area contributed by atoms with E-state index in [0.29, 0.717) is 29.2 Å². The number of rotatable bonds is 6. The topological polar surface area (TPSA) is 82.5 Å². The zero-order valence-corrected chi connectivity index (χ0v) is 15.1. The summed E-state index contributed by atoms with van der Waals surface area (Å²) in [6.07, 6.45) is -3.24. The van der Waals surface area contributed by atoms with E-state index in [0.717, 1.165) is 0 Å². The van der Waals surface area contributed by atoms with Crippen molar-refractivity contribution in [2.45, 2.75) is 19.8 Å². The number of nitro groups is 1. The molecule has 0 spiro atoms. The van der Waals surface area contributed by atoms with Crippen molar-refractivity contribution in [3.8, 4) is 17.0 Å². The molecule has 1 aromatic heterocycles. The van der Waals surface area contributed by atoms with Crippen LogP contribution in [0.1, 0.15) is 12.5 Å². The number of non-ortho nitro benzene ring substituents is 1. The van der Waals surface area contributed by atoms with Gasteiger partial charge in [0.25, 0.3) is 5.69 Å². The number of alkyl halides is 3. The predicted molar refractivity (Wildman–Crippen MR) is 100 cm³/mol. The molecule has 0 saturated heterocycles. The van der Waals surface area contributed by atoms with Crippen molar-refractivity contribution in [2.24, 2.45) is 4.99 Å². The van der Waals surface area contributed by atoms with Crippen LogP contribution < -0.4 is 4.74 Å². The number of halogens is 3. The highest BCUT2D eigenvalue weighted by Gasteiger charge is 2.30. The molecule has 0 saturated carbocycles. The standard InChI is InChI=1S/C19H15F3N4O3/c1-2-25-18(11-17(24-25)14-5-7-15(8-6-14)26(27)28)23-12-13-3-9-16(10-4-13)29-19(20,21)22/h3-12H,2H2,1H3/b23-12+. The fraction of sp³-hybridized carbons (Fsp3) is 0.158. The zero-order valence-electron chi connectivity index (χ0n) is 15.1. The Hall–Kier alpha value is -3.69. The Morgan fingerprint density at radius 3 is 2.38 bits per heavy atom. The monoisotopic (exact) mass is 404 g/mol. The lowest BCUT2D eigenvalue weighted by Crippen LogP contribution is -2.16. The van der Waals surface area contributed by atoms with Gasteiger partial charge < -0.3 is 4.74 Å². The van der Waals surface area contributed by atoms with E-state index in [2.05, 4.69) is 14.8 Å². The van der Waals surface area contributed by atoms with Gasteiger partial charge in [0.05, 0.1) is 10.6 Å². The molecule has 0 aliphatic carbocycles. The Balaban J connectivity index is 1.79. The fourth-order valence-corrected chi connectivity index (χ4v) is 2.53. The van der Waals surface area contributed by atoms with E-state index in [1.165, 1.54) is 42.6 Å². The number of ether oxygens (including phenoxy) is 1. The highest BCUT2D eigenvalue weighted by Crippen LogP contribution is 2.26. The number of aromatic nitrogens is 2. The molecular weight excluding hydrogens is 389 g/mol. The quantitative estimate of drug-likeness (QED) is 0.324. The number of hydrogen-bond acceptors (Lipinski definition) is 5. The minimum absolute atomic E-state index is 0.0140. The van der Waals surface area contributed by atoms with Crippen LogP contribution >= 0.6 is 0 Å². The molecular formula is C19H15F3N4O3. The zero-order chi connectivity index (χ0) is 21.0. The Bertz CT molecular complexity index is 1030. The minimum atomic E-state index is -4.74. The molecule has 0 N–H and O–H groups in total. The molecule has 0 aliphatic heterocycles. The molecule has 0 aliphatic rings. The molecule has 150 valence electrons. The lowest BCUT2D eigenvalue weighted by molar-refractivity contribution is -0.384. The second kappa shape index (κ2) is 8.13. The number of benzene rings is 2. The summed E-state index contributed by atoms with van der Waals surface area (Å²) in [4.78, 5) is 14.6. The van der Waals surface area contributed by atoms with Crippen LogP contribution in [0.2, 0.25) is 0 Å². The SMILES string of the molecule is CCn1nc(-c2ccc([N+](=O)[O-])cc2)cc1/N=C/c1ccc(OC(F)(F)F)cc1. The Kier molecular flexibility index (Phi) is 5.62. The van der Waals surface area contributed by atoms with Crippen LogP contribution in [0, 0.1) is 10.1 Å². The molecule has 29 heavy (non-hydrogen) atoms. The van der Waals surface area contributed by atoms with Gasteiger partial charge in [0.2, 0.25) is 0 Å². The largest absolute Gasteiger partial charge is 0.573 e. The van der Waals surface area contributed by atoms with Crippen LogP contribution in [0.5, 0.6) is 5.75 Å². The molecule has 3 aromatic rings. The van der Waals surface area contributed by atoms with Crippen LogP contribution in [0.3, 0.4) is 0 Å². The maximum Gasteiger partial charge on any atom is 0.573 e. The molecule has 0 fully saturated rings. The van der Waals surface area contributed by atoms with E-state index >= 15 is 0 Å². The maximum atomic E-state index is 12.2. The molecule has 0 bridgehead atoms. The van der Waals surface area contributed by atoms with Crippen LogP contribution in [-0.2, 0) is 6.54 Å². The van der Waals surface area contributed by atoms with Gasteiger partial charge in [-0.25, -0.2) is 9.67 Å². The van der Waals surface area contributed by atoms with Gasteiger partial charge in [0.15, 0.2) is 5.82 Å². The Morgan fingerprint density at radius 1 is 1.17 bits per heavy atom. The molecule has 0 amide bonds. The lowest BCUT2D eigenvalue weighted by Gasteiger charge is -2.08. The molecule has 3 rings (SSSR count).